The summed E-state index contributed by atoms with van der Waals surface area (Å²) < 4.78 is 0. The number of nitrogens with zero attached hydrogens (tertiary/aromatic N) is 1. The maximum atomic E-state index is 9.10. The molecule has 1 atom stereocenters. The normalized spacial score (nSPS) is 32.7. The van der Waals surface area contributed by atoms with Crippen LogP contribution in [0.2, 0.25) is 0 Å². The zero-order valence-electron chi connectivity index (χ0n) is 8.43. The van der Waals surface area contributed by atoms with Crippen molar-refractivity contribution in [1.82, 2.24) is 4.90 Å². The first-order valence-corrected chi connectivity index (χ1v) is 4.95. The predicted octanol–water partition coefficient (Wildman–Crippen LogP) is -0.805. The van der Waals surface area contributed by atoms with Gasteiger partial charge in [0.05, 0.1) is 0 Å². The summed E-state index contributed by atoms with van der Waals surface area (Å²) in [5, 5.41) is 14.8. The Morgan fingerprint density at radius 2 is 1.60 bits per heavy atom. The summed E-state index contributed by atoms with van der Waals surface area (Å²) >= 11 is 0. The van der Waals surface area contributed by atoms with Gasteiger partial charge in [0.15, 0.2) is 0 Å². The van der Waals surface area contributed by atoms with E-state index in [2.05, 4.69) is 4.90 Å². The SMILES string of the molecule is NC1CN2CCC1CC2.O=C(O)C(=O)O. The average Bonchev–Trinajstić information content (AvgIpc) is 2.19. The number of rotatable bonds is 0. The van der Waals surface area contributed by atoms with Gasteiger partial charge in [0.25, 0.3) is 0 Å². The van der Waals surface area contributed by atoms with Crippen LogP contribution in [0.3, 0.4) is 0 Å². The topological polar surface area (TPSA) is 104 Å². The highest BCUT2D eigenvalue weighted by Crippen LogP contribution is 2.25. The van der Waals surface area contributed by atoms with Gasteiger partial charge in [-0.15, -0.1) is 0 Å². The van der Waals surface area contributed by atoms with E-state index in [1.54, 1.807) is 0 Å². The molecule has 3 aliphatic rings. The molecule has 3 heterocycles. The summed E-state index contributed by atoms with van der Waals surface area (Å²) in [7, 11) is 0. The highest BCUT2D eigenvalue weighted by atomic mass is 16.4. The van der Waals surface area contributed by atoms with E-state index in [-0.39, 0.29) is 0 Å². The van der Waals surface area contributed by atoms with Crippen LogP contribution in [0.1, 0.15) is 12.8 Å². The molecule has 4 N–H and O–H groups in total. The van der Waals surface area contributed by atoms with Gasteiger partial charge < -0.3 is 20.8 Å². The molecule has 0 radical (unpaired) electrons. The van der Waals surface area contributed by atoms with Crippen molar-refractivity contribution < 1.29 is 19.8 Å². The van der Waals surface area contributed by atoms with Gasteiger partial charge in [-0.25, -0.2) is 9.59 Å². The molecule has 3 saturated heterocycles. The number of piperidine rings is 3. The van der Waals surface area contributed by atoms with Crippen molar-refractivity contribution in [3.63, 3.8) is 0 Å². The Balaban J connectivity index is 0.000000167. The number of carboxylic acid groups (broad SMARTS) is 2. The van der Waals surface area contributed by atoms with E-state index in [9.17, 15) is 0 Å². The molecule has 0 aromatic carbocycles. The number of carboxylic acids is 2. The smallest absolute Gasteiger partial charge is 0.414 e. The maximum absolute atomic E-state index is 9.10. The lowest BCUT2D eigenvalue weighted by Gasteiger charge is -2.43. The zero-order chi connectivity index (χ0) is 11.4. The first kappa shape index (κ1) is 11.9. The lowest BCUT2D eigenvalue weighted by atomic mass is 9.85. The van der Waals surface area contributed by atoms with E-state index >= 15 is 0 Å². The number of aliphatic carboxylic acids is 2. The molecule has 3 fully saturated rings. The second-order valence-corrected chi connectivity index (χ2v) is 3.91. The molecule has 3 rings (SSSR count). The van der Waals surface area contributed by atoms with Gasteiger partial charge in [0, 0.05) is 12.6 Å². The van der Waals surface area contributed by atoms with E-state index in [1.807, 2.05) is 0 Å². The molecule has 0 aromatic heterocycles. The van der Waals surface area contributed by atoms with E-state index in [0.717, 1.165) is 12.5 Å². The van der Waals surface area contributed by atoms with Crippen molar-refractivity contribution in [2.45, 2.75) is 18.9 Å². The van der Waals surface area contributed by atoms with Gasteiger partial charge in [0.1, 0.15) is 0 Å². The van der Waals surface area contributed by atoms with Gasteiger partial charge in [-0.05, 0) is 31.8 Å². The predicted molar refractivity (Wildman–Crippen MR) is 52.4 cm³/mol. The first-order chi connectivity index (χ1) is 7.00. The monoisotopic (exact) mass is 216 g/mol. The molecule has 86 valence electrons. The Hall–Kier alpha value is -1.14. The third-order valence-electron chi connectivity index (χ3n) is 2.89. The van der Waals surface area contributed by atoms with Crippen molar-refractivity contribution in [3.05, 3.63) is 0 Å². The minimum atomic E-state index is -1.82. The summed E-state index contributed by atoms with van der Waals surface area (Å²) in [4.78, 5) is 20.7. The molecule has 3 aliphatic heterocycles. The number of carbonyl (C=O) groups is 2. The summed E-state index contributed by atoms with van der Waals surface area (Å²) in [5.41, 5.74) is 5.88. The highest BCUT2D eigenvalue weighted by Gasteiger charge is 2.31. The molecular weight excluding hydrogens is 200 g/mol. The summed E-state index contributed by atoms with van der Waals surface area (Å²) in [6, 6.07) is 0.493. The lowest BCUT2D eigenvalue weighted by Crippen LogP contribution is -2.54. The van der Waals surface area contributed by atoms with Gasteiger partial charge in [0.2, 0.25) is 0 Å². The van der Waals surface area contributed by atoms with Crippen molar-refractivity contribution in [2.24, 2.45) is 11.7 Å². The third-order valence-corrected chi connectivity index (χ3v) is 2.89. The largest absolute Gasteiger partial charge is 0.473 e. The average molecular weight is 216 g/mol. The minimum Gasteiger partial charge on any atom is -0.473 e. The Bertz CT molecular complexity index is 236. The fourth-order valence-electron chi connectivity index (χ4n) is 2.01. The first-order valence-electron chi connectivity index (χ1n) is 4.95. The molecule has 0 saturated carbocycles. The third kappa shape index (κ3) is 3.49. The molecule has 6 heteroatoms. The number of fused-ring (bicyclic) bond motifs is 3. The van der Waals surface area contributed by atoms with Gasteiger partial charge in [-0.3, -0.25) is 0 Å². The van der Waals surface area contributed by atoms with Crippen molar-refractivity contribution >= 4 is 11.9 Å². The number of hydrogen-bond acceptors (Lipinski definition) is 4. The van der Waals surface area contributed by atoms with Crippen LogP contribution in [0.4, 0.5) is 0 Å². The fourth-order valence-corrected chi connectivity index (χ4v) is 2.01. The van der Waals surface area contributed by atoms with E-state index in [0.29, 0.717) is 6.04 Å². The van der Waals surface area contributed by atoms with Gasteiger partial charge in [-0.1, -0.05) is 0 Å². The van der Waals surface area contributed by atoms with E-state index in [1.165, 1.54) is 25.9 Å². The van der Waals surface area contributed by atoms with Crippen LogP contribution >= 0.6 is 0 Å². The Morgan fingerprint density at radius 1 is 1.13 bits per heavy atom. The highest BCUT2D eigenvalue weighted by molar-refractivity contribution is 6.27. The molecule has 15 heavy (non-hydrogen) atoms. The number of nitrogens with two attached hydrogens (primary N) is 1. The van der Waals surface area contributed by atoms with Crippen molar-refractivity contribution in [1.29, 1.82) is 0 Å². The second-order valence-electron chi connectivity index (χ2n) is 3.91. The van der Waals surface area contributed by atoms with E-state index < -0.39 is 11.9 Å². The van der Waals surface area contributed by atoms with Crippen LogP contribution < -0.4 is 5.73 Å². The van der Waals surface area contributed by atoms with Gasteiger partial charge in [-0.2, -0.15) is 0 Å². The minimum absolute atomic E-state index is 0.493. The van der Waals surface area contributed by atoms with Crippen LogP contribution in [-0.4, -0.2) is 52.7 Å². The lowest BCUT2D eigenvalue weighted by molar-refractivity contribution is -0.159. The Kier molecular flexibility index (Phi) is 4.05. The van der Waals surface area contributed by atoms with Crippen molar-refractivity contribution in [3.8, 4) is 0 Å². The summed E-state index contributed by atoms with van der Waals surface area (Å²) in [6.07, 6.45) is 2.70. The Labute approximate surface area is 87.7 Å². The van der Waals surface area contributed by atoms with Crippen LogP contribution in [0.15, 0.2) is 0 Å². The second kappa shape index (κ2) is 5.09. The molecule has 0 aliphatic carbocycles. The summed E-state index contributed by atoms with van der Waals surface area (Å²) in [6.45, 7) is 3.77. The molecule has 0 amide bonds. The zero-order valence-corrected chi connectivity index (χ0v) is 8.43. The molecule has 6 nitrogen and oxygen atoms in total. The molecule has 0 aromatic rings. The van der Waals surface area contributed by atoms with Gasteiger partial charge >= 0.3 is 11.9 Å². The summed E-state index contributed by atoms with van der Waals surface area (Å²) in [5.74, 6) is -2.79. The van der Waals surface area contributed by atoms with Crippen LogP contribution in [-0.2, 0) is 9.59 Å². The molecule has 1 unspecified atom stereocenters. The van der Waals surface area contributed by atoms with E-state index in [4.69, 9.17) is 25.5 Å². The fraction of sp³-hybridized carbons (Fsp3) is 0.778. The molecule has 0 spiro atoms. The maximum Gasteiger partial charge on any atom is 0.414 e. The molecular formula is C9H16N2O4. The standard InChI is InChI=1S/C7H14N2.C2H2O4/c8-7-5-9-3-1-6(7)2-4-9;3-1(4)2(5)6/h6-7H,1-5,8H2;(H,3,4)(H,5,6). The van der Waals surface area contributed by atoms with Crippen molar-refractivity contribution in [2.75, 3.05) is 19.6 Å². The number of hydrogen-bond donors (Lipinski definition) is 3. The molecule has 2 bridgehead atoms. The van der Waals surface area contributed by atoms with Crippen LogP contribution in [0.5, 0.6) is 0 Å². The van der Waals surface area contributed by atoms with Crippen LogP contribution in [0, 0.1) is 5.92 Å². The Morgan fingerprint density at radius 3 is 1.73 bits per heavy atom. The quantitative estimate of drug-likeness (QED) is 0.458. The van der Waals surface area contributed by atoms with Crippen LogP contribution in [0.25, 0.3) is 0 Å².